The molecule has 0 saturated heterocycles. The zero-order valence-corrected chi connectivity index (χ0v) is 17.0. The molecule has 0 heterocycles. The third kappa shape index (κ3) is 6.49. The lowest BCUT2D eigenvalue weighted by Gasteiger charge is -2.10. The Balaban J connectivity index is 2.09. The minimum atomic E-state index is -0.844. The van der Waals surface area contributed by atoms with Crippen LogP contribution in [-0.2, 0) is 23.8 Å². The highest BCUT2D eigenvalue weighted by Crippen LogP contribution is 2.16. The van der Waals surface area contributed by atoms with E-state index in [0.717, 1.165) is 26.4 Å². The highest BCUT2D eigenvalue weighted by molar-refractivity contribution is 6.01. The molecule has 32 heavy (non-hydrogen) atoms. The summed E-state index contributed by atoms with van der Waals surface area (Å²) < 4.78 is 14.1. The molecule has 0 spiro atoms. The number of nitrogens with zero attached hydrogens (tertiary/aromatic N) is 1. The molecule has 166 valence electrons. The lowest BCUT2D eigenvalue weighted by molar-refractivity contribution is -0.384. The van der Waals surface area contributed by atoms with Gasteiger partial charge in [-0.05, 0) is 18.2 Å². The van der Waals surface area contributed by atoms with Gasteiger partial charge in [0.25, 0.3) is 5.69 Å². The minimum Gasteiger partial charge on any atom is -0.466 e. The topological polar surface area (TPSA) is 151 Å². The van der Waals surface area contributed by atoms with Crippen LogP contribution in [-0.4, -0.2) is 49.4 Å². The molecular weight excluding hydrogens is 424 g/mol. The van der Waals surface area contributed by atoms with Gasteiger partial charge in [0.15, 0.2) is 6.61 Å². The van der Waals surface area contributed by atoms with Crippen molar-refractivity contribution in [2.45, 2.75) is 0 Å². The highest BCUT2D eigenvalue weighted by atomic mass is 16.6. The van der Waals surface area contributed by atoms with E-state index in [1.165, 1.54) is 42.5 Å². The molecule has 0 aliphatic carbocycles. The maximum atomic E-state index is 12.3. The molecule has 0 atom stereocenters. The number of rotatable bonds is 9. The number of nitrogens with one attached hydrogen (secondary N) is 1. The molecule has 0 fully saturated rings. The second-order valence-corrected chi connectivity index (χ2v) is 6.09. The van der Waals surface area contributed by atoms with Gasteiger partial charge in [-0.3, -0.25) is 14.9 Å². The van der Waals surface area contributed by atoms with Crippen LogP contribution in [0.25, 0.3) is 0 Å². The molecule has 0 unspecified atom stereocenters. The van der Waals surface area contributed by atoms with Gasteiger partial charge < -0.3 is 19.5 Å². The van der Waals surface area contributed by atoms with Gasteiger partial charge >= 0.3 is 17.9 Å². The van der Waals surface area contributed by atoms with Gasteiger partial charge in [0, 0.05) is 23.4 Å². The summed E-state index contributed by atoms with van der Waals surface area (Å²) in [5, 5.41) is 13.5. The Bertz CT molecular complexity index is 1090. The van der Waals surface area contributed by atoms with Crippen LogP contribution in [0.1, 0.15) is 20.7 Å². The number of carbonyl (C=O) groups excluding carboxylic acids is 4. The number of benzene rings is 2. The van der Waals surface area contributed by atoms with E-state index >= 15 is 0 Å². The van der Waals surface area contributed by atoms with Crippen molar-refractivity contribution in [1.82, 2.24) is 0 Å². The molecule has 0 aliphatic rings. The first-order chi connectivity index (χ1) is 15.2. The lowest BCUT2D eigenvalue weighted by atomic mass is 10.1. The quantitative estimate of drug-likeness (QED) is 0.153. The number of hydrogen-bond donors (Lipinski definition) is 1. The van der Waals surface area contributed by atoms with E-state index < -0.39 is 35.2 Å². The molecular formula is C21H18N2O9. The van der Waals surface area contributed by atoms with E-state index in [4.69, 9.17) is 4.74 Å². The van der Waals surface area contributed by atoms with Crippen molar-refractivity contribution in [3.63, 3.8) is 0 Å². The zero-order chi connectivity index (χ0) is 23.7. The van der Waals surface area contributed by atoms with Crippen molar-refractivity contribution in [3.8, 4) is 0 Å². The summed E-state index contributed by atoms with van der Waals surface area (Å²) in [5.74, 6) is -3.10. The first kappa shape index (κ1) is 23.7. The number of carbonyl (C=O) groups is 4. The van der Waals surface area contributed by atoms with Crippen molar-refractivity contribution in [2.75, 3.05) is 26.1 Å². The number of nitro groups is 1. The van der Waals surface area contributed by atoms with Crippen molar-refractivity contribution in [1.29, 1.82) is 0 Å². The van der Waals surface area contributed by atoms with Crippen LogP contribution in [0.4, 0.5) is 11.4 Å². The second kappa shape index (κ2) is 11.0. The molecule has 0 amide bonds. The number of methoxy groups -OCH3 is 2. The number of nitro benzene ring substituents is 1. The van der Waals surface area contributed by atoms with Gasteiger partial charge in [-0.15, -0.1) is 0 Å². The Morgan fingerprint density at radius 1 is 1.00 bits per heavy atom. The normalized spacial score (nSPS) is 10.6. The van der Waals surface area contributed by atoms with Gasteiger partial charge in [-0.2, -0.15) is 0 Å². The Labute approximate surface area is 181 Å². The van der Waals surface area contributed by atoms with Crippen LogP contribution in [0, 0.1) is 10.1 Å². The van der Waals surface area contributed by atoms with Gasteiger partial charge in [-0.25, -0.2) is 14.4 Å². The highest BCUT2D eigenvalue weighted by Gasteiger charge is 2.16. The third-order valence-corrected chi connectivity index (χ3v) is 3.96. The third-order valence-electron chi connectivity index (χ3n) is 3.96. The average Bonchev–Trinajstić information content (AvgIpc) is 2.81. The van der Waals surface area contributed by atoms with E-state index in [9.17, 15) is 29.3 Å². The number of ketones is 1. The molecule has 0 aliphatic heterocycles. The maximum absolute atomic E-state index is 12.3. The van der Waals surface area contributed by atoms with E-state index in [-0.39, 0.29) is 28.2 Å². The fourth-order valence-electron chi connectivity index (χ4n) is 2.40. The maximum Gasteiger partial charge on any atom is 0.354 e. The van der Waals surface area contributed by atoms with Gasteiger partial charge in [-0.1, -0.05) is 18.2 Å². The summed E-state index contributed by atoms with van der Waals surface area (Å²) in [6.45, 7) is -0.632. The number of hydrogen-bond acceptors (Lipinski definition) is 10. The Kier molecular flexibility index (Phi) is 8.17. The first-order valence-electron chi connectivity index (χ1n) is 8.95. The van der Waals surface area contributed by atoms with E-state index in [2.05, 4.69) is 14.8 Å². The lowest BCUT2D eigenvalue weighted by Crippen LogP contribution is -2.16. The molecule has 11 nitrogen and oxygen atoms in total. The number of ether oxygens (including phenoxy) is 3. The van der Waals surface area contributed by atoms with Gasteiger partial charge in [0.2, 0.25) is 5.78 Å². The zero-order valence-electron chi connectivity index (χ0n) is 17.0. The number of Topliss-reactive ketones (excluding diaryl/α,β-unsaturated/α-hetero) is 1. The largest absolute Gasteiger partial charge is 0.466 e. The smallest absolute Gasteiger partial charge is 0.354 e. The SMILES string of the molecule is COC(=O)/C=C(/Nc1cccc(C(=O)OCC(=O)c2cccc([N+](=O)[O-])c2)c1)C(=O)OC. The van der Waals surface area contributed by atoms with Crippen LogP contribution in [0.3, 0.4) is 0 Å². The molecule has 2 aromatic carbocycles. The molecule has 2 rings (SSSR count). The number of esters is 3. The van der Waals surface area contributed by atoms with Crippen molar-refractivity contribution in [3.05, 3.63) is 81.5 Å². The number of anilines is 1. The summed E-state index contributed by atoms with van der Waals surface area (Å²) in [4.78, 5) is 58.0. The predicted octanol–water partition coefficient (Wildman–Crippen LogP) is 2.28. The summed E-state index contributed by atoms with van der Waals surface area (Å²) in [6, 6.07) is 10.8. The van der Waals surface area contributed by atoms with Crippen molar-refractivity contribution < 1.29 is 38.3 Å². The van der Waals surface area contributed by atoms with Crippen molar-refractivity contribution in [2.24, 2.45) is 0 Å². The number of non-ortho nitro benzene ring substituents is 1. The van der Waals surface area contributed by atoms with Gasteiger partial charge in [0.05, 0.1) is 30.8 Å². The fraction of sp³-hybridized carbons (Fsp3) is 0.143. The fourth-order valence-corrected chi connectivity index (χ4v) is 2.40. The standard InChI is InChI=1S/C21H18N2O9/c1-30-19(25)11-17(21(27)31-2)22-15-7-3-6-14(9-15)20(26)32-12-18(24)13-5-4-8-16(10-13)23(28)29/h3-11,22H,12H2,1-2H3/b17-11+. The van der Waals surface area contributed by atoms with Crippen LogP contribution < -0.4 is 5.32 Å². The van der Waals surface area contributed by atoms with Crippen LogP contribution in [0.2, 0.25) is 0 Å². The molecule has 0 bridgehead atoms. The summed E-state index contributed by atoms with van der Waals surface area (Å²) >= 11 is 0. The molecule has 1 N–H and O–H groups in total. The summed E-state index contributed by atoms with van der Waals surface area (Å²) in [7, 11) is 2.26. The van der Waals surface area contributed by atoms with Crippen molar-refractivity contribution >= 4 is 35.1 Å². The summed E-state index contributed by atoms with van der Waals surface area (Å²) in [5.41, 5.74) is -0.166. The molecule has 0 saturated carbocycles. The predicted molar refractivity (Wildman–Crippen MR) is 110 cm³/mol. The monoisotopic (exact) mass is 442 g/mol. The summed E-state index contributed by atoms with van der Waals surface area (Å²) in [6.07, 6.45) is 0.883. The molecule has 0 radical (unpaired) electrons. The molecule has 0 aromatic heterocycles. The minimum absolute atomic E-state index is 0.0260. The Hall–Kier alpha value is -4.54. The first-order valence-corrected chi connectivity index (χ1v) is 8.95. The second-order valence-electron chi connectivity index (χ2n) is 6.09. The molecule has 11 heteroatoms. The Morgan fingerprint density at radius 3 is 2.34 bits per heavy atom. The van der Waals surface area contributed by atoms with Crippen LogP contribution in [0.5, 0.6) is 0 Å². The van der Waals surface area contributed by atoms with E-state index in [1.54, 1.807) is 0 Å². The van der Waals surface area contributed by atoms with Gasteiger partial charge in [0.1, 0.15) is 5.70 Å². The Morgan fingerprint density at radius 2 is 1.69 bits per heavy atom. The average molecular weight is 442 g/mol. The van der Waals surface area contributed by atoms with E-state index in [1.807, 2.05) is 0 Å². The van der Waals surface area contributed by atoms with Crippen LogP contribution >= 0.6 is 0 Å². The van der Waals surface area contributed by atoms with E-state index in [0.29, 0.717) is 0 Å². The molecule has 2 aromatic rings. The van der Waals surface area contributed by atoms with Crippen LogP contribution in [0.15, 0.2) is 60.3 Å².